The summed E-state index contributed by atoms with van der Waals surface area (Å²) in [5, 5.41) is 11.2. The molecule has 2 heterocycles. The van der Waals surface area contributed by atoms with Gasteiger partial charge in [-0.25, -0.2) is 0 Å². The van der Waals surface area contributed by atoms with Crippen LogP contribution < -0.4 is 4.90 Å². The van der Waals surface area contributed by atoms with Gasteiger partial charge >= 0.3 is 0 Å². The van der Waals surface area contributed by atoms with Crippen LogP contribution >= 0.6 is 22.9 Å². The minimum Gasteiger partial charge on any atom is -0.388 e. The minimum atomic E-state index is -0.590. The summed E-state index contributed by atoms with van der Waals surface area (Å²) >= 11 is 7.70. The van der Waals surface area contributed by atoms with Gasteiger partial charge in [0.1, 0.15) is 11.5 Å². The van der Waals surface area contributed by atoms with E-state index in [1.54, 1.807) is 24.9 Å². The number of aliphatic imine (C=N–C) groups is 1. The van der Waals surface area contributed by atoms with Crippen LogP contribution in [0.2, 0.25) is 5.02 Å². The van der Waals surface area contributed by atoms with Crippen LogP contribution in [-0.4, -0.2) is 30.3 Å². The number of anilines is 1. The number of rotatable bonds is 2. The molecule has 1 unspecified atom stereocenters. The molecule has 4 nitrogen and oxygen atoms in total. The lowest BCUT2D eigenvalue weighted by Crippen LogP contribution is -2.26. The van der Waals surface area contributed by atoms with Crippen molar-refractivity contribution < 1.29 is 9.90 Å². The van der Waals surface area contributed by atoms with Crippen molar-refractivity contribution in [1.82, 2.24) is 0 Å². The average molecular weight is 335 g/mol. The summed E-state index contributed by atoms with van der Waals surface area (Å²) in [6, 6.07) is 9.33. The molecule has 6 heteroatoms. The zero-order valence-corrected chi connectivity index (χ0v) is 13.8. The number of aliphatic hydroxyl groups excluding tert-OH is 1. The summed E-state index contributed by atoms with van der Waals surface area (Å²) in [6.45, 7) is 1.79. The van der Waals surface area contributed by atoms with Crippen LogP contribution in [0.25, 0.3) is 0 Å². The largest absolute Gasteiger partial charge is 0.388 e. The molecule has 1 aliphatic heterocycles. The molecule has 1 N–H and O–H groups in total. The molecule has 0 saturated heterocycles. The number of carbonyl (C=O) groups excluding carboxylic acids is 1. The van der Waals surface area contributed by atoms with Crippen LogP contribution in [0.5, 0.6) is 0 Å². The van der Waals surface area contributed by atoms with Gasteiger partial charge in [0.05, 0.1) is 11.8 Å². The van der Waals surface area contributed by atoms with Crippen molar-refractivity contribution >= 4 is 39.6 Å². The Morgan fingerprint density at radius 2 is 2.09 bits per heavy atom. The Bertz CT molecular complexity index is 767. The van der Waals surface area contributed by atoms with Crippen LogP contribution in [0.15, 0.2) is 35.3 Å². The van der Waals surface area contributed by atoms with E-state index >= 15 is 0 Å². The van der Waals surface area contributed by atoms with E-state index in [4.69, 9.17) is 11.6 Å². The van der Waals surface area contributed by atoms with Gasteiger partial charge in [0, 0.05) is 28.1 Å². The first kappa shape index (κ1) is 15.2. The van der Waals surface area contributed by atoms with Gasteiger partial charge < -0.3 is 10.0 Å². The lowest BCUT2D eigenvalue weighted by molar-refractivity contribution is -0.116. The second-order valence-electron chi connectivity index (χ2n) is 5.14. The Morgan fingerprint density at radius 3 is 2.77 bits per heavy atom. The van der Waals surface area contributed by atoms with Gasteiger partial charge in [0.25, 0.3) is 0 Å². The minimum absolute atomic E-state index is 0.0812. The molecule has 0 radical (unpaired) electrons. The first-order valence-electron chi connectivity index (χ1n) is 6.87. The molecular formula is C16H15ClN2O2S. The van der Waals surface area contributed by atoms with Crippen LogP contribution in [0.1, 0.15) is 29.0 Å². The molecule has 1 atom stereocenters. The summed E-state index contributed by atoms with van der Waals surface area (Å²) in [4.78, 5) is 19.0. The van der Waals surface area contributed by atoms with E-state index in [-0.39, 0.29) is 12.5 Å². The number of aliphatic hydroxyl groups is 1. The number of thiophene rings is 1. The van der Waals surface area contributed by atoms with E-state index in [1.165, 1.54) is 11.3 Å². The number of hydrogen-bond acceptors (Lipinski definition) is 4. The summed E-state index contributed by atoms with van der Waals surface area (Å²) in [7, 11) is 1.73. The van der Waals surface area contributed by atoms with E-state index in [1.807, 2.05) is 24.3 Å². The van der Waals surface area contributed by atoms with Crippen LogP contribution in [0.4, 0.5) is 5.00 Å². The third-order valence-electron chi connectivity index (χ3n) is 3.58. The van der Waals surface area contributed by atoms with Crippen LogP contribution in [0.3, 0.4) is 0 Å². The molecule has 114 valence electrons. The topological polar surface area (TPSA) is 52.9 Å². The van der Waals surface area contributed by atoms with Crippen molar-refractivity contribution in [3.63, 3.8) is 0 Å². The molecule has 0 saturated carbocycles. The van der Waals surface area contributed by atoms with Crippen LogP contribution in [-0.2, 0) is 4.79 Å². The van der Waals surface area contributed by atoms with Crippen molar-refractivity contribution in [3.8, 4) is 0 Å². The van der Waals surface area contributed by atoms with Gasteiger partial charge in [-0.15, -0.1) is 11.3 Å². The highest BCUT2D eigenvalue weighted by Crippen LogP contribution is 2.38. The first-order chi connectivity index (χ1) is 10.5. The summed E-state index contributed by atoms with van der Waals surface area (Å²) in [5.41, 5.74) is 2.33. The number of nitrogens with zero attached hydrogens (tertiary/aromatic N) is 2. The van der Waals surface area contributed by atoms with Crippen molar-refractivity contribution in [3.05, 3.63) is 51.4 Å². The quantitative estimate of drug-likeness (QED) is 0.916. The number of benzene rings is 1. The van der Waals surface area contributed by atoms with Crippen molar-refractivity contribution in [1.29, 1.82) is 0 Å². The van der Waals surface area contributed by atoms with Crippen LogP contribution in [0, 0.1) is 0 Å². The number of halogens is 1. The lowest BCUT2D eigenvalue weighted by atomic mass is 10.0. The normalized spacial score (nSPS) is 16.1. The fourth-order valence-electron chi connectivity index (χ4n) is 2.36. The molecule has 3 rings (SSSR count). The zero-order valence-electron chi connectivity index (χ0n) is 12.2. The Balaban J connectivity index is 2.22. The van der Waals surface area contributed by atoms with Gasteiger partial charge in [0.15, 0.2) is 0 Å². The van der Waals surface area contributed by atoms with Gasteiger partial charge in [-0.05, 0) is 19.1 Å². The summed E-state index contributed by atoms with van der Waals surface area (Å²) < 4.78 is 0. The smallest absolute Gasteiger partial charge is 0.249 e. The van der Waals surface area contributed by atoms with Gasteiger partial charge in [0.2, 0.25) is 5.91 Å². The van der Waals surface area contributed by atoms with E-state index in [2.05, 4.69) is 4.99 Å². The maximum absolute atomic E-state index is 12.1. The molecular weight excluding hydrogens is 320 g/mol. The van der Waals surface area contributed by atoms with Crippen molar-refractivity contribution in [2.45, 2.75) is 13.0 Å². The van der Waals surface area contributed by atoms with E-state index in [0.29, 0.717) is 10.7 Å². The molecule has 0 bridgehead atoms. The number of fused-ring (bicyclic) bond motifs is 1. The van der Waals surface area contributed by atoms with Gasteiger partial charge in [-0.3, -0.25) is 9.79 Å². The highest BCUT2D eigenvalue weighted by atomic mass is 35.5. The number of carbonyl (C=O) groups is 1. The second-order valence-corrected chi connectivity index (χ2v) is 6.61. The Hall–Kier alpha value is -1.69. The number of amides is 1. The zero-order chi connectivity index (χ0) is 15.9. The molecule has 1 aliphatic rings. The highest BCUT2D eigenvalue weighted by Gasteiger charge is 2.27. The monoisotopic (exact) mass is 334 g/mol. The number of likely N-dealkylation sites (N-methyl/N-ethyl adjacent to an activating group) is 1. The van der Waals surface area contributed by atoms with Crippen molar-refractivity contribution in [2.24, 2.45) is 4.99 Å². The SMILES string of the molecule is CC(O)c1cc2c(s1)N(C)C(=O)CN=C2c1ccccc1Cl. The average Bonchev–Trinajstić information content (AvgIpc) is 2.89. The third kappa shape index (κ3) is 2.56. The molecule has 2 aromatic rings. The Kier molecular flexibility index (Phi) is 4.04. The summed E-state index contributed by atoms with van der Waals surface area (Å²) in [5.74, 6) is -0.0812. The van der Waals surface area contributed by atoms with E-state index in [9.17, 15) is 9.90 Å². The highest BCUT2D eigenvalue weighted by molar-refractivity contribution is 7.16. The Morgan fingerprint density at radius 1 is 1.36 bits per heavy atom. The molecule has 1 aromatic carbocycles. The van der Waals surface area contributed by atoms with E-state index in [0.717, 1.165) is 21.0 Å². The fourth-order valence-corrected chi connectivity index (χ4v) is 3.66. The molecule has 1 amide bonds. The Labute approximate surface area is 137 Å². The molecule has 22 heavy (non-hydrogen) atoms. The summed E-state index contributed by atoms with van der Waals surface area (Å²) in [6.07, 6.45) is -0.590. The lowest BCUT2D eigenvalue weighted by Gasteiger charge is -2.13. The molecule has 0 spiro atoms. The standard InChI is InChI=1S/C16H15ClN2O2S/c1-9(20)13-7-11-15(10-5-3-4-6-12(10)17)18-8-14(21)19(2)16(11)22-13/h3-7,9,20H,8H2,1-2H3. The first-order valence-corrected chi connectivity index (χ1v) is 8.06. The third-order valence-corrected chi connectivity index (χ3v) is 5.29. The molecule has 0 aliphatic carbocycles. The van der Waals surface area contributed by atoms with Gasteiger partial charge in [-0.2, -0.15) is 0 Å². The molecule has 1 aromatic heterocycles. The second kappa shape index (κ2) is 5.83. The predicted octanol–water partition coefficient (Wildman–Crippen LogP) is 3.27. The van der Waals surface area contributed by atoms with Gasteiger partial charge in [-0.1, -0.05) is 29.8 Å². The van der Waals surface area contributed by atoms with Crippen molar-refractivity contribution in [2.75, 3.05) is 18.5 Å². The maximum atomic E-state index is 12.1. The predicted molar refractivity (Wildman–Crippen MR) is 90.3 cm³/mol. The van der Waals surface area contributed by atoms with E-state index < -0.39 is 6.10 Å². The fraction of sp³-hybridized carbons (Fsp3) is 0.250. The molecule has 0 fully saturated rings. The maximum Gasteiger partial charge on any atom is 0.249 e. The number of hydrogen-bond donors (Lipinski definition) is 1.